The van der Waals surface area contributed by atoms with Crippen molar-refractivity contribution in [2.45, 2.75) is 26.9 Å². The van der Waals surface area contributed by atoms with E-state index in [-0.39, 0.29) is 5.92 Å². The van der Waals surface area contributed by atoms with Crippen molar-refractivity contribution in [2.75, 3.05) is 6.61 Å². The van der Waals surface area contributed by atoms with Crippen molar-refractivity contribution >= 4 is 0 Å². The predicted molar refractivity (Wildman–Crippen MR) is 42.8 cm³/mol. The number of hydrogen-bond acceptors (Lipinski definition) is 2. The molecule has 62 valence electrons. The number of nitriles is 1. The lowest BCUT2D eigenvalue weighted by Crippen LogP contribution is -2.37. The van der Waals surface area contributed by atoms with Gasteiger partial charge in [0.05, 0.1) is 24.7 Å². The molecule has 1 saturated heterocycles. The molecule has 0 amide bonds. The van der Waals surface area contributed by atoms with Crippen LogP contribution in [0.15, 0.2) is 0 Å². The van der Waals surface area contributed by atoms with Gasteiger partial charge in [0.2, 0.25) is 0 Å². The summed E-state index contributed by atoms with van der Waals surface area (Å²) in [6.07, 6.45) is 0.314. The average Bonchev–Trinajstić information content (AvgIpc) is 2.01. The summed E-state index contributed by atoms with van der Waals surface area (Å²) >= 11 is 0. The molecule has 0 spiro atoms. The molecule has 2 nitrogen and oxygen atoms in total. The summed E-state index contributed by atoms with van der Waals surface area (Å²) in [4.78, 5) is 0. The second kappa shape index (κ2) is 3.23. The molecule has 1 aliphatic heterocycles. The maximum absolute atomic E-state index is 8.74. The van der Waals surface area contributed by atoms with Crippen LogP contribution < -0.4 is 0 Å². The van der Waals surface area contributed by atoms with Crippen molar-refractivity contribution in [3.8, 4) is 6.07 Å². The van der Waals surface area contributed by atoms with Crippen molar-refractivity contribution in [1.82, 2.24) is 0 Å². The van der Waals surface area contributed by atoms with Gasteiger partial charge < -0.3 is 4.74 Å². The van der Waals surface area contributed by atoms with Gasteiger partial charge in [0.15, 0.2) is 0 Å². The summed E-state index contributed by atoms with van der Waals surface area (Å²) in [5, 5.41) is 8.74. The average molecular weight is 153 g/mol. The van der Waals surface area contributed by atoms with E-state index in [4.69, 9.17) is 10.00 Å². The second-order valence-corrected chi connectivity index (χ2v) is 3.49. The number of ether oxygens (including phenoxy) is 1. The van der Waals surface area contributed by atoms with Crippen LogP contribution in [0.3, 0.4) is 0 Å². The Morgan fingerprint density at radius 1 is 1.27 bits per heavy atom. The molecule has 0 bridgehead atoms. The first-order valence-electron chi connectivity index (χ1n) is 4.18. The Morgan fingerprint density at radius 2 is 1.91 bits per heavy atom. The van der Waals surface area contributed by atoms with E-state index in [2.05, 4.69) is 26.8 Å². The monoisotopic (exact) mass is 153 g/mol. The normalized spacial score (nSPS) is 44.9. The molecular weight excluding hydrogens is 138 g/mol. The Hall–Kier alpha value is -0.550. The van der Waals surface area contributed by atoms with Gasteiger partial charge in [-0.1, -0.05) is 13.8 Å². The van der Waals surface area contributed by atoms with Crippen LogP contribution in [-0.4, -0.2) is 12.7 Å². The molecule has 1 rings (SSSR count). The molecule has 0 aromatic carbocycles. The summed E-state index contributed by atoms with van der Waals surface area (Å²) in [7, 11) is 0. The van der Waals surface area contributed by atoms with Gasteiger partial charge in [-0.15, -0.1) is 0 Å². The van der Waals surface area contributed by atoms with Crippen molar-refractivity contribution in [3.05, 3.63) is 0 Å². The van der Waals surface area contributed by atoms with Crippen LogP contribution in [0.1, 0.15) is 20.8 Å². The largest absolute Gasteiger partial charge is 0.377 e. The zero-order valence-corrected chi connectivity index (χ0v) is 7.37. The fraction of sp³-hybridized carbons (Fsp3) is 0.889. The molecule has 0 radical (unpaired) electrons. The van der Waals surface area contributed by atoms with E-state index in [9.17, 15) is 0 Å². The summed E-state index contributed by atoms with van der Waals surface area (Å²) in [6.45, 7) is 6.98. The van der Waals surface area contributed by atoms with E-state index >= 15 is 0 Å². The lowest BCUT2D eigenvalue weighted by Gasteiger charge is -2.35. The maximum atomic E-state index is 8.74. The molecule has 11 heavy (non-hydrogen) atoms. The third-order valence-electron chi connectivity index (χ3n) is 2.91. The summed E-state index contributed by atoms with van der Waals surface area (Å²) in [5.74, 6) is 1.08. The van der Waals surface area contributed by atoms with Gasteiger partial charge in [0.25, 0.3) is 0 Å². The van der Waals surface area contributed by atoms with Crippen LogP contribution in [0.2, 0.25) is 0 Å². The van der Waals surface area contributed by atoms with E-state index in [1.54, 1.807) is 0 Å². The van der Waals surface area contributed by atoms with Gasteiger partial charge in [0.1, 0.15) is 0 Å². The van der Waals surface area contributed by atoms with Crippen LogP contribution in [-0.2, 0) is 4.74 Å². The Morgan fingerprint density at radius 3 is 2.45 bits per heavy atom. The summed E-state index contributed by atoms with van der Waals surface area (Å²) in [5.41, 5.74) is 0. The van der Waals surface area contributed by atoms with Crippen LogP contribution in [0.4, 0.5) is 0 Å². The quantitative estimate of drug-likeness (QED) is 0.531. The number of hydrogen-bond donors (Lipinski definition) is 0. The number of nitrogens with zero attached hydrogens (tertiary/aromatic N) is 1. The van der Waals surface area contributed by atoms with Crippen molar-refractivity contribution < 1.29 is 4.74 Å². The second-order valence-electron chi connectivity index (χ2n) is 3.49. The van der Waals surface area contributed by atoms with E-state index < -0.39 is 0 Å². The standard InChI is InChI=1S/C9H15NO/c1-6-7(2)9(4-10)5-11-8(6)3/h6-9H,5H2,1-3H3/t6-,7-,8-,9+/m0/s1. The molecular formula is C9H15NO. The van der Waals surface area contributed by atoms with Crippen molar-refractivity contribution in [2.24, 2.45) is 17.8 Å². The SMILES string of the molecule is C[C@H]1[C@H](C)[C@H](C)OC[C@H]1C#N. The molecule has 1 aliphatic rings. The first-order valence-corrected chi connectivity index (χ1v) is 4.18. The first kappa shape index (κ1) is 8.55. The van der Waals surface area contributed by atoms with Crippen molar-refractivity contribution in [1.29, 1.82) is 5.26 Å². The highest BCUT2D eigenvalue weighted by molar-refractivity contribution is 4.92. The molecule has 0 N–H and O–H groups in total. The van der Waals surface area contributed by atoms with Gasteiger partial charge in [-0.3, -0.25) is 0 Å². The molecule has 0 saturated carbocycles. The van der Waals surface area contributed by atoms with E-state index in [1.165, 1.54) is 0 Å². The fourth-order valence-corrected chi connectivity index (χ4v) is 1.51. The smallest absolute Gasteiger partial charge is 0.0726 e. The molecule has 2 heteroatoms. The minimum atomic E-state index is 0.0983. The Kier molecular flexibility index (Phi) is 2.51. The molecule has 4 atom stereocenters. The third-order valence-corrected chi connectivity index (χ3v) is 2.91. The van der Waals surface area contributed by atoms with Gasteiger partial charge in [0, 0.05) is 0 Å². The van der Waals surface area contributed by atoms with E-state index in [1.807, 2.05) is 0 Å². The topological polar surface area (TPSA) is 33.0 Å². The number of rotatable bonds is 0. The summed E-state index contributed by atoms with van der Waals surface area (Å²) < 4.78 is 5.44. The van der Waals surface area contributed by atoms with E-state index in [0.717, 1.165) is 0 Å². The van der Waals surface area contributed by atoms with Crippen LogP contribution in [0.25, 0.3) is 0 Å². The lowest BCUT2D eigenvalue weighted by atomic mass is 9.80. The van der Waals surface area contributed by atoms with Gasteiger partial charge >= 0.3 is 0 Å². The zero-order chi connectivity index (χ0) is 8.43. The summed E-state index contributed by atoms with van der Waals surface area (Å²) in [6, 6.07) is 2.28. The molecule has 0 unspecified atom stereocenters. The fourth-order valence-electron chi connectivity index (χ4n) is 1.51. The predicted octanol–water partition coefficient (Wildman–Crippen LogP) is 1.82. The van der Waals surface area contributed by atoms with Gasteiger partial charge in [-0.2, -0.15) is 5.26 Å². The molecule has 0 aromatic heterocycles. The van der Waals surface area contributed by atoms with Gasteiger partial charge in [-0.25, -0.2) is 0 Å². The molecule has 1 fully saturated rings. The van der Waals surface area contributed by atoms with Gasteiger partial charge in [-0.05, 0) is 18.8 Å². The molecule has 0 aliphatic carbocycles. The molecule has 1 heterocycles. The highest BCUT2D eigenvalue weighted by atomic mass is 16.5. The third kappa shape index (κ3) is 1.54. The lowest BCUT2D eigenvalue weighted by molar-refractivity contribution is -0.0561. The van der Waals surface area contributed by atoms with Crippen LogP contribution in [0.5, 0.6) is 0 Å². The van der Waals surface area contributed by atoms with Crippen LogP contribution >= 0.6 is 0 Å². The zero-order valence-electron chi connectivity index (χ0n) is 7.37. The van der Waals surface area contributed by atoms with Crippen LogP contribution in [0, 0.1) is 29.1 Å². The Labute approximate surface area is 68.2 Å². The Bertz CT molecular complexity index is 173. The van der Waals surface area contributed by atoms with E-state index in [0.29, 0.717) is 24.5 Å². The highest BCUT2D eigenvalue weighted by Gasteiger charge is 2.32. The Balaban J connectivity index is 2.61. The maximum Gasteiger partial charge on any atom is 0.0726 e. The van der Waals surface area contributed by atoms with Crippen molar-refractivity contribution in [3.63, 3.8) is 0 Å². The molecule has 0 aromatic rings. The first-order chi connectivity index (χ1) is 5.16. The minimum absolute atomic E-state index is 0.0983. The minimum Gasteiger partial charge on any atom is -0.377 e. The highest BCUT2D eigenvalue weighted by Crippen LogP contribution is 2.29.